The maximum Gasteiger partial charge on any atom is 0.411 e. The van der Waals surface area contributed by atoms with Gasteiger partial charge < -0.3 is 10.1 Å². The van der Waals surface area contributed by atoms with Crippen LogP contribution in [0.3, 0.4) is 0 Å². The van der Waals surface area contributed by atoms with Crippen molar-refractivity contribution in [3.63, 3.8) is 0 Å². The van der Waals surface area contributed by atoms with E-state index in [9.17, 15) is 13.2 Å². The van der Waals surface area contributed by atoms with Crippen molar-refractivity contribution < 1.29 is 17.9 Å². The van der Waals surface area contributed by atoms with Crippen LogP contribution < -0.4 is 5.32 Å². The van der Waals surface area contributed by atoms with Crippen LogP contribution in [0, 0.1) is 17.3 Å². The molecule has 0 aromatic carbocycles. The van der Waals surface area contributed by atoms with Gasteiger partial charge >= 0.3 is 6.18 Å². The average molecular weight is 277 g/mol. The summed E-state index contributed by atoms with van der Waals surface area (Å²) in [7, 11) is 0. The van der Waals surface area contributed by atoms with Gasteiger partial charge in [-0.15, -0.1) is 0 Å². The number of alkyl halides is 3. The summed E-state index contributed by atoms with van der Waals surface area (Å²) in [6, 6.07) is 0.671. The molecule has 5 heteroatoms. The highest BCUT2D eigenvalue weighted by molar-refractivity contribution is 5.04. The lowest BCUT2D eigenvalue weighted by atomic mass is 9.80. The Labute approximate surface area is 112 Å². The van der Waals surface area contributed by atoms with Crippen molar-refractivity contribution in [2.45, 2.75) is 50.7 Å². The summed E-state index contributed by atoms with van der Waals surface area (Å²) in [5.74, 6) is 1.70. The normalized spacial score (nSPS) is 37.4. The Bertz CT molecular complexity index is 317. The average Bonchev–Trinajstić information content (AvgIpc) is 3.23. The van der Waals surface area contributed by atoms with E-state index in [4.69, 9.17) is 4.74 Å². The minimum Gasteiger partial charge on any atom is -0.372 e. The summed E-state index contributed by atoms with van der Waals surface area (Å²) in [5.41, 5.74) is 0.210. The third kappa shape index (κ3) is 3.85. The van der Waals surface area contributed by atoms with E-state index in [0.717, 1.165) is 24.8 Å². The highest BCUT2D eigenvalue weighted by Crippen LogP contribution is 2.61. The van der Waals surface area contributed by atoms with Crippen LogP contribution in [0.4, 0.5) is 13.2 Å². The number of fused-ring (bicyclic) bond motifs is 1. The molecular formula is C14H22F3NO. The Morgan fingerprint density at radius 2 is 1.84 bits per heavy atom. The third-order valence-electron chi connectivity index (χ3n) is 4.84. The summed E-state index contributed by atoms with van der Waals surface area (Å²) < 4.78 is 40.9. The van der Waals surface area contributed by atoms with Crippen LogP contribution in [0.25, 0.3) is 0 Å². The summed E-state index contributed by atoms with van der Waals surface area (Å²) in [6.07, 6.45) is 2.81. The number of hydrogen-bond donors (Lipinski definition) is 1. The monoisotopic (exact) mass is 277 g/mol. The van der Waals surface area contributed by atoms with E-state index in [1.165, 1.54) is 32.1 Å². The Morgan fingerprint density at radius 1 is 1.16 bits per heavy atom. The second-order valence-corrected chi connectivity index (χ2v) is 6.74. The van der Waals surface area contributed by atoms with E-state index < -0.39 is 12.8 Å². The molecular weight excluding hydrogens is 255 g/mol. The zero-order valence-corrected chi connectivity index (χ0v) is 11.1. The van der Waals surface area contributed by atoms with Crippen molar-refractivity contribution in [2.75, 3.05) is 19.8 Å². The van der Waals surface area contributed by atoms with Crippen LogP contribution in [-0.2, 0) is 4.74 Å². The Kier molecular flexibility index (Phi) is 3.54. The Balaban J connectivity index is 1.43. The zero-order chi connectivity index (χ0) is 13.5. The molecule has 3 rings (SSSR count). The van der Waals surface area contributed by atoms with E-state index in [2.05, 4.69) is 5.32 Å². The molecule has 2 atom stereocenters. The second-order valence-electron chi connectivity index (χ2n) is 6.74. The molecule has 2 unspecified atom stereocenters. The first-order valence-corrected chi connectivity index (χ1v) is 7.34. The van der Waals surface area contributed by atoms with Crippen molar-refractivity contribution in [1.82, 2.24) is 5.32 Å². The molecule has 0 aromatic heterocycles. The zero-order valence-electron chi connectivity index (χ0n) is 11.1. The van der Waals surface area contributed by atoms with Gasteiger partial charge in [0.25, 0.3) is 0 Å². The lowest BCUT2D eigenvalue weighted by Gasteiger charge is -2.31. The van der Waals surface area contributed by atoms with Crippen molar-refractivity contribution in [1.29, 1.82) is 0 Å². The lowest BCUT2D eigenvalue weighted by Crippen LogP contribution is -2.35. The summed E-state index contributed by atoms with van der Waals surface area (Å²) in [4.78, 5) is 0. The molecule has 2 nitrogen and oxygen atoms in total. The molecule has 3 aliphatic rings. The molecule has 0 saturated heterocycles. The number of ether oxygens (including phenoxy) is 1. The first-order valence-electron chi connectivity index (χ1n) is 7.34. The van der Waals surface area contributed by atoms with Crippen LogP contribution in [-0.4, -0.2) is 32.0 Å². The molecule has 3 fully saturated rings. The number of nitrogens with one attached hydrogen (secondary N) is 1. The fourth-order valence-electron chi connectivity index (χ4n) is 3.57. The van der Waals surface area contributed by atoms with Crippen LogP contribution in [0.1, 0.15) is 38.5 Å². The van der Waals surface area contributed by atoms with Crippen LogP contribution >= 0.6 is 0 Å². The van der Waals surface area contributed by atoms with Gasteiger partial charge in [-0.1, -0.05) is 0 Å². The van der Waals surface area contributed by atoms with Crippen molar-refractivity contribution in [2.24, 2.45) is 17.3 Å². The fourth-order valence-corrected chi connectivity index (χ4v) is 3.57. The first-order chi connectivity index (χ1) is 8.96. The molecule has 0 radical (unpaired) electrons. The van der Waals surface area contributed by atoms with E-state index >= 15 is 0 Å². The predicted molar refractivity (Wildman–Crippen MR) is 65.8 cm³/mol. The minimum absolute atomic E-state index is 0.210. The van der Waals surface area contributed by atoms with E-state index in [1.54, 1.807) is 0 Å². The second kappa shape index (κ2) is 4.92. The quantitative estimate of drug-likeness (QED) is 0.722. The molecule has 1 N–H and O–H groups in total. The fraction of sp³-hybridized carbons (Fsp3) is 1.00. The summed E-state index contributed by atoms with van der Waals surface area (Å²) in [5, 5.41) is 3.56. The van der Waals surface area contributed by atoms with Crippen molar-refractivity contribution in [3.05, 3.63) is 0 Å². The summed E-state index contributed by atoms with van der Waals surface area (Å²) in [6.45, 7) is 0.108. The van der Waals surface area contributed by atoms with Crippen LogP contribution in [0.5, 0.6) is 0 Å². The molecule has 0 aliphatic heterocycles. The molecule has 3 aliphatic carbocycles. The number of rotatable bonds is 7. The molecule has 19 heavy (non-hydrogen) atoms. The van der Waals surface area contributed by atoms with Gasteiger partial charge in [-0.05, 0) is 55.8 Å². The smallest absolute Gasteiger partial charge is 0.372 e. The number of hydrogen-bond acceptors (Lipinski definition) is 2. The largest absolute Gasteiger partial charge is 0.411 e. The van der Waals surface area contributed by atoms with Gasteiger partial charge in [0, 0.05) is 19.2 Å². The SMILES string of the molecule is FC(F)(F)COCCC1(CNC2CC2)CC2CC2C1. The first kappa shape index (κ1) is 13.7. The van der Waals surface area contributed by atoms with Gasteiger partial charge in [0.1, 0.15) is 6.61 Å². The van der Waals surface area contributed by atoms with Gasteiger partial charge in [0.05, 0.1) is 0 Å². The van der Waals surface area contributed by atoms with E-state index in [1.807, 2.05) is 0 Å². The Hall–Kier alpha value is -0.290. The molecule has 0 heterocycles. The van der Waals surface area contributed by atoms with E-state index in [0.29, 0.717) is 6.04 Å². The molecule has 0 aromatic rings. The third-order valence-corrected chi connectivity index (χ3v) is 4.84. The van der Waals surface area contributed by atoms with Gasteiger partial charge in [-0.25, -0.2) is 0 Å². The standard InChI is InChI=1S/C14H22F3NO/c15-14(16,17)9-19-4-3-13(8-18-12-1-2-12)6-10-5-11(10)7-13/h10-12,18H,1-9H2. The van der Waals surface area contributed by atoms with E-state index in [-0.39, 0.29) is 12.0 Å². The highest BCUT2D eigenvalue weighted by atomic mass is 19.4. The van der Waals surface area contributed by atoms with Crippen molar-refractivity contribution in [3.8, 4) is 0 Å². The molecule has 110 valence electrons. The molecule has 0 spiro atoms. The minimum atomic E-state index is -4.20. The highest BCUT2D eigenvalue weighted by Gasteiger charge is 2.53. The van der Waals surface area contributed by atoms with Gasteiger partial charge in [-0.3, -0.25) is 0 Å². The maximum atomic E-state index is 12.0. The maximum absolute atomic E-state index is 12.0. The molecule has 3 saturated carbocycles. The molecule has 0 amide bonds. The van der Waals surface area contributed by atoms with Crippen molar-refractivity contribution >= 4 is 0 Å². The molecule has 0 bridgehead atoms. The van der Waals surface area contributed by atoms with Gasteiger partial charge in [0.2, 0.25) is 0 Å². The van der Waals surface area contributed by atoms with Gasteiger partial charge in [-0.2, -0.15) is 13.2 Å². The van der Waals surface area contributed by atoms with Crippen LogP contribution in [0.2, 0.25) is 0 Å². The van der Waals surface area contributed by atoms with Crippen LogP contribution in [0.15, 0.2) is 0 Å². The van der Waals surface area contributed by atoms with Gasteiger partial charge in [0.15, 0.2) is 0 Å². The Morgan fingerprint density at radius 3 is 2.42 bits per heavy atom. The topological polar surface area (TPSA) is 21.3 Å². The lowest BCUT2D eigenvalue weighted by molar-refractivity contribution is -0.175. The number of halogens is 3. The summed E-state index contributed by atoms with van der Waals surface area (Å²) >= 11 is 0. The predicted octanol–water partition coefficient (Wildman–Crippen LogP) is 3.12.